The number of nitrogens with zero attached hydrogens (tertiary/aromatic N) is 2. The number of rotatable bonds is 1. The fourth-order valence-corrected chi connectivity index (χ4v) is 2.18. The van der Waals surface area contributed by atoms with Crippen molar-refractivity contribution >= 4 is 45.5 Å². The van der Waals surface area contributed by atoms with Gasteiger partial charge in [-0.3, -0.25) is 0 Å². The molecule has 0 aromatic carbocycles. The van der Waals surface area contributed by atoms with Crippen molar-refractivity contribution in [2.45, 2.75) is 0 Å². The van der Waals surface area contributed by atoms with E-state index in [1.54, 1.807) is 11.3 Å². The highest BCUT2D eigenvalue weighted by Gasteiger charge is 2.08. The Morgan fingerprint density at radius 3 is 2.92 bits per heavy atom. The second-order valence-corrected chi connectivity index (χ2v) is 5.15. The number of thiophene rings is 1. The highest BCUT2D eigenvalue weighted by molar-refractivity contribution is 14.1. The van der Waals surface area contributed by atoms with E-state index in [4.69, 9.17) is 16.1 Å². The maximum atomic E-state index is 5.50. The Labute approximate surface area is 90.9 Å². The normalized spacial score (nSPS) is 10.5. The van der Waals surface area contributed by atoms with Crippen LogP contribution in [0.2, 0.25) is 5.28 Å². The van der Waals surface area contributed by atoms with E-state index in [0.29, 0.717) is 5.89 Å². The van der Waals surface area contributed by atoms with Crippen molar-refractivity contribution in [3.8, 4) is 11.5 Å². The molecule has 0 saturated carbocycles. The molecule has 0 unspecified atom stereocenters. The minimum atomic E-state index is 0.145. The predicted molar refractivity (Wildman–Crippen MR) is 55.3 cm³/mol. The zero-order valence-electron chi connectivity index (χ0n) is 5.62. The summed E-state index contributed by atoms with van der Waals surface area (Å²) in [6.07, 6.45) is 0. The average molecular weight is 313 g/mol. The lowest BCUT2D eigenvalue weighted by atomic mass is 10.3. The summed E-state index contributed by atoms with van der Waals surface area (Å²) in [5.41, 5.74) is 0.920. The third-order valence-electron chi connectivity index (χ3n) is 1.22. The number of hydrogen-bond acceptors (Lipinski definition) is 4. The summed E-state index contributed by atoms with van der Waals surface area (Å²) < 4.78 is 6.05. The molecule has 0 aliphatic rings. The first-order valence-electron chi connectivity index (χ1n) is 2.99. The Bertz CT molecular complexity index is 361. The van der Waals surface area contributed by atoms with Gasteiger partial charge in [0, 0.05) is 5.38 Å². The molecule has 0 bridgehead atoms. The summed E-state index contributed by atoms with van der Waals surface area (Å²) >= 11 is 9.36. The van der Waals surface area contributed by atoms with Gasteiger partial charge in [0.1, 0.15) is 0 Å². The molecule has 0 saturated heterocycles. The van der Waals surface area contributed by atoms with Gasteiger partial charge in [-0.2, -0.15) is 4.98 Å². The number of halogens is 2. The minimum absolute atomic E-state index is 0.145. The first kappa shape index (κ1) is 8.46. The third-order valence-corrected chi connectivity index (χ3v) is 3.16. The van der Waals surface area contributed by atoms with Gasteiger partial charge in [0.2, 0.25) is 0 Å². The minimum Gasteiger partial charge on any atom is -0.333 e. The molecular formula is C6H2ClIN2OS. The van der Waals surface area contributed by atoms with Crippen LogP contribution in [0.1, 0.15) is 0 Å². The van der Waals surface area contributed by atoms with Crippen molar-refractivity contribution in [3.05, 3.63) is 19.6 Å². The molecule has 0 aliphatic heterocycles. The maximum absolute atomic E-state index is 5.50. The molecular weight excluding hydrogens is 311 g/mol. The number of hydrogen-bond donors (Lipinski definition) is 0. The van der Waals surface area contributed by atoms with E-state index in [0.717, 1.165) is 5.56 Å². The molecule has 62 valence electrons. The lowest BCUT2D eigenvalue weighted by Gasteiger charge is -1.81. The molecule has 0 N–H and O–H groups in total. The van der Waals surface area contributed by atoms with Gasteiger partial charge in [-0.15, -0.1) is 11.3 Å². The quantitative estimate of drug-likeness (QED) is 0.760. The second kappa shape index (κ2) is 3.31. The van der Waals surface area contributed by atoms with Gasteiger partial charge < -0.3 is 4.52 Å². The van der Waals surface area contributed by atoms with E-state index in [1.807, 2.05) is 11.4 Å². The topological polar surface area (TPSA) is 38.9 Å². The molecule has 0 aliphatic carbocycles. The standard InChI is InChI=1S/C6H2ClIN2OS/c7-6-9-5(11-10-6)3-1-4(8)12-2-3/h1-2H. The van der Waals surface area contributed by atoms with Crippen molar-refractivity contribution in [1.29, 1.82) is 0 Å². The van der Waals surface area contributed by atoms with Gasteiger partial charge in [0.15, 0.2) is 0 Å². The first-order chi connectivity index (χ1) is 5.75. The molecule has 12 heavy (non-hydrogen) atoms. The van der Waals surface area contributed by atoms with Crippen LogP contribution in [0.4, 0.5) is 0 Å². The zero-order valence-corrected chi connectivity index (χ0v) is 9.35. The Morgan fingerprint density at radius 1 is 1.58 bits per heavy atom. The fraction of sp³-hybridized carbons (Fsp3) is 0. The summed E-state index contributed by atoms with van der Waals surface area (Å²) in [5.74, 6) is 0.471. The van der Waals surface area contributed by atoms with Gasteiger partial charge in [0.05, 0.1) is 8.45 Å². The van der Waals surface area contributed by atoms with Crippen LogP contribution in [0.5, 0.6) is 0 Å². The predicted octanol–water partition coefficient (Wildman–Crippen LogP) is 3.06. The average Bonchev–Trinajstić information content (AvgIpc) is 2.58. The van der Waals surface area contributed by atoms with Gasteiger partial charge in [0.25, 0.3) is 11.2 Å². The van der Waals surface area contributed by atoms with Gasteiger partial charge >= 0.3 is 0 Å². The fourth-order valence-electron chi connectivity index (χ4n) is 0.745. The maximum Gasteiger partial charge on any atom is 0.264 e. The van der Waals surface area contributed by atoms with E-state index in [-0.39, 0.29) is 5.28 Å². The smallest absolute Gasteiger partial charge is 0.264 e. The van der Waals surface area contributed by atoms with E-state index < -0.39 is 0 Å². The monoisotopic (exact) mass is 312 g/mol. The van der Waals surface area contributed by atoms with Crippen LogP contribution < -0.4 is 0 Å². The molecule has 0 atom stereocenters. The molecule has 0 radical (unpaired) electrons. The van der Waals surface area contributed by atoms with E-state index >= 15 is 0 Å². The van der Waals surface area contributed by atoms with Crippen LogP contribution in [-0.2, 0) is 0 Å². The largest absolute Gasteiger partial charge is 0.333 e. The van der Waals surface area contributed by atoms with Crippen LogP contribution >= 0.6 is 45.5 Å². The van der Waals surface area contributed by atoms with E-state index in [1.165, 1.54) is 2.88 Å². The van der Waals surface area contributed by atoms with Crippen molar-refractivity contribution in [1.82, 2.24) is 10.1 Å². The van der Waals surface area contributed by atoms with E-state index in [9.17, 15) is 0 Å². The number of aromatic nitrogens is 2. The van der Waals surface area contributed by atoms with Crippen LogP contribution in [0.15, 0.2) is 16.0 Å². The molecule has 0 spiro atoms. The summed E-state index contributed by atoms with van der Waals surface area (Å²) in [4.78, 5) is 3.89. The second-order valence-electron chi connectivity index (χ2n) is 2.01. The summed E-state index contributed by atoms with van der Waals surface area (Å²) in [5, 5.41) is 5.58. The first-order valence-corrected chi connectivity index (χ1v) is 5.33. The van der Waals surface area contributed by atoms with Gasteiger partial charge in [-0.25, -0.2) is 0 Å². The zero-order chi connectivity index (χ0) is 8.55. The van der Waals surface area contributed by atoms with Gasteiger partial charge in [-0.05, 0) is 45.4 Å². The Kier molecular flexibility index (Phi) is 2.33. The Balaban J connectivity index is 2.43. The summed E-state index contributed by atoms with van der Waals surface area (Å²) in [6.45, 7) is 0. The van der Waals surface area contributed by atoms with Gasteiger partial charge in [-0.1, -0.05) is 0 Å². The Morgan fingerprint density at radius 2 is 2.42 bits per heavy atom. The molecule has 6 heteroatoms. The van der Waals surface area contributed by atoms with Crippen LogP contribution in [0.3, 0.4) is 0 Å². The lowest BCUT2D eigenvalue weighted by molar-refractivity contribution is 0.430. The molecule has 2 heterocycles. The van der Waals surface area contributed by atoms with E-state index in [2.05, 4.69) is 32.7 Å². The van der Waals surface area contributed by atoms with Crippen molar-refractivity contribution in [3.63, 3.8) is 0 Å². The highest BCUT2D eigenvalue weighted by Crippen LogP contribution is 2.25. The van der Waals surface area contributed by atoms with Crippen LogP contribution in [0.25, 0.3) is 11.5 Å². The lowest BCUT2D eigenvalue weighted by Crippen LogP contribution is -1.70. The third kappa shape index (κ3) is 1.62. The Hall–Kier alpha value is -0.140. The molecule has 0 fully saturated rings. The molecule has 2 aromatic rings. The van der Waals surface area contributed by atoms with Crippen LogP contribution in [-0.4, -0.2) is 10.1 Å². The molecule has 3 nitrogen and oxygen atoms in total. The highest BCUT2D eigenvalue weighted by atomic mass is 127. The van der Waals surface area contributed by atoms with Crippen molar-refractivity contribution in [2.24, 2.45) is 0 Å². The van der Waals surface area contributed by atoms with Crippen molar-refractivity contribution in [2.75, 3.05) is 0 Å². The summed E-state index contributed by atoms with van der Waals surface area (Å²) in [6, 6.07) is 1.97. The SMILES string of the molecule is Clc1noc(-c2csc(I)c2)n1. The summed E-state index contributed by atoms with van der Waals surface area (Å²) in [7, 11) is 0. The molecule has 2 aromatic heterocycles. The van der Waals surface area contributed by atoms with Crippen LogP contribution in [0, 0.1) is 2.88 Å². The van der Waals surface area contributed by atoms with Crippen molar-refractivity contribution < 1.29 is 4.52 Å². The molecule has 0 amide bonds. The molecule has 2 rings (SSSR count).